The number of carbonyl (C=O) groups is 2. The Hall–Kier alpha value is -1.06. The lowest BCUT2D eigenvalue weighted by Crippen LogP contribution is -2.33. The van der Waals surface area contributed by atoms with Gasteiger partial charge < -0.3 is 10.1 Å². The molecule has 0 aliphatic heterocycles. The van der Waals surface area contributed by atoms with Crippen molar-refractivity contribution in [3.63, 3.8) is 0 Å². The number of nitrogens with one attached hydrogen (secondary N) is 1. The molecule has 4 heteroatoms. The van der Waals surface area contributed by atoms with Crippen LogP contribution in [-0.4, -0.2) is 24.5 Å². The van der Waals surface area contributed by atoms with Gasteiger partial charge in [0.25, 0.3) is 0 Å². The monoisotopic (exact) mass is 187 g/mol. The zero-order valence-corrected chi connectivity index (χ0v) is 8.42. The van der Waals surface area contributed by atoms with Gasteiger partial charge in [0.15, 0.2) is 0 Å². The fourth-order valence-electron chi connectivity index (χ4n) is 1.02. The standard InChI is InChI=1S/C9H17NO3/c1-4-5-9(13-8(3)12)6-10-7(2)11/h9H,4-6H2,1-3H3,(H,10,11)/t9-/m0/s1. The first-order valence-corrected chi connectivity index (χ1v) is 4.48. The topological polar surface area (TPSA) is 55.4 Å². The molecular formula is C9H17NO3. The molecule has 4 nitrogen and oxygen atoms in total. The maximum absolute atomic E-state index is 10.6. The molecule has 0 aliphatic carbocycles. The summed E-state index contributed by atoms with van der Waals surface area (Å²) in [5, 5.41) is 2.62. The summed E-state index contributed by atoms with van der Waals surface area (Å²) >= 11 is 0. The summed E-state index contributed by atoms with van der Waals surface area (Å²) < 4.78 is 4.99. The van der Waals surface area contributed by atoms with Crippen LogP contribution in [0.4, 0.5) is 0 Å². The van der Waals surface area contributed by atoms with E-state index in [9.17, 15) is 9.59 Å². The van der Waals surface area contributed by atoms with E-state index < -0.39 is 0 Å². The minimum absolute atomic E-state index is 0.103. The van der Waals surface area contributed by atoms with Crippen LogP contribution >= 0.6 is 0 Å². The fourth-order valence-corrected chi connectivity index (χ4v) is 1.02. The first-order valence-electron chi connectivity index (χ1n) is 4.48. The number of rotatable bonds is 5. The molecule has 76 valence electrons. The fraction of sp³-hybridized carbons (Fsp3) is 0.778. The van der Waals surface area contributed by atoms with Gasteiger partial charge in [-0.1, -0.05) is 13.3 Å². The summed E-state index contributed by atoms with van der Waals surface area (Å²) in [6, 6.07) is 0. The second-order valence-corrected chi connectivity index (χ2v) is 2.96. The summed E-state index contributed by atoms with van der Waals surface area (Å²) in [5.41, 5.74) is 0. The molecule has 1 atom stereocenters. The van der Waals surface area contributed by atoms with Gasteiger partial charge >= 0.3 is 5.97 Å². The zero-order valence-electron chi connectivity index (χ0n) is 8.42. The summed E-state index contributed by atoms with van der Waals surface area (Å²) in [6.07, 6.45) is 1.52. The van der Waals surface area contributed by atoms with Crippen LogP contribution in [0.5, 0.6) is 0 Å². The highest BCUT2D eigenvalue weighted by atomic mass is 16.5. The van der Waals surface area contributed by atoms with Crippen LogP contribution in [0.1, 0.15) is 33.6 Å². The quantitative estimate of drug-likeness (QED) is 0.649. The third-order valence-electron chi connectivity index (χ3n) is 1.52. The van der Waals surface area contributed by atoms with Crippen molar-refractivity contribution in [3.05, 3.63) is 0 Å². The molecule has 13 heavy (non-hydrogen) atoms. The van der Waals surface area contributed by atoms with Gasteiger partial charge in [-0.25, -0.2) is 0 Å². The minimum atomic E-state index is -0.302. The highest BCUT2D eigenvalue weighted by molar-refractivity contribution is 5.72. The average Bonchev–Trinajstić information content (AvgIpc) is 1.99. The summed E-state index contributed by atoms with van der Waals surface area (Å²) in [6.45, 7) is 5.22. The maximum atomic E-state index is 10.6. The Labute approximate surface area is 78.6 Å². The number of hydrogen-bond donors (Lipinski definition) is 1. The zero-order chi connectivity index (χ0) is 10.3. The molecule has 0 bridgehead atoms. The predicted molar refractivity (Wildman–Crippen MR) is 49.1 cm³/mol. The predicted octanol–water partition coefficient (Wildman–Crippen LogP) is 0.854. The Morgan fingerprint density at radius 1 is 1.38 bits per heavy atom. The lowest BCUT2D eigenvalue weighted by Gasteiger charge is -2.15. The first-order chi connectivity index (χ1) is 6.06. The SMILES string of the molecule is CCC[C@@H](CNC(C)=O)OC(C)=O. The molecule has 0 rings (SSSR count). The van der Waals surface area contributed by atoms with Crippen LogP contribution in [0, 0.1) is 0 Å². The van der Waals surface area contributed by atoms with Crippen molar-refractivity contribution in [2.75, 3.05) is 6.54 Å². The Kier molecular flexibility index (Phi) is 5.93. The van der Waals surface area contributed by atoms with Crippen molar-refractivity contribution in [1.82, 2.24) is 5.32 Å². The van der Waals surface area contributed by atoms with Gasteiger partial charge in [0, 0.05) is 13.8 Å². The van der Waals surface area contributed by atoms with Crippen LogP contribution in [0.15, 0.2) is 0 Å². The largest absolute Gasteiger partial charge is 0.461 e. The van der Waals surface area contributed by atoms with E-state index in [1.165, 1.54) is 13.8 Å². The third-order valence-corrected chi connectivity index (χ3v) is 1.52. The molecule has 1 N–H and O–H groups in total. The number of ether oxygens (including phenoxy) is 1. The molecule has 0 spiro atoms. The number of esters is 1. The third kappa shape index (κ3) is 7.31. The molecule has 0 heterocycles. The molecule has 0 aromatic heterocycles. The van der Waals surface area contributed by atoms with E-state index in [2.05, 4.69) is 5.32 Å². The molecule has 1 amide bonds. The second kappa shape index (κ2) is 6.46. The summed E-state index contributed by atoms with van der Waals surface area (Å²) in [5.74, 6) is -0.406. The molecule has 0 radical (unpaired) electrons. The lowest BCUT2D eigenvalue weighted by atomic mass is 10.2. The van der Waals surface area contributed by atoms with Crippen molar-refractivity contribution in [2.24, 2.45) is 0 Å². The van der Waals surface area contributed by atoms with E-state index in [0.717, 1.165) is 12.8 Å². The van der Waals surface area contributed by atoms with E-state index in [-0.39, 0.29) is 18.0 Å². The highest BCUT2D eigenvalue weighted by Gasteiger charge is 2.10. The Balaban J connectivity index is 3.79. The Morgan fingerprint density at radius 3 is 2.38 bits per heavy atom. The Morgan fingerprint density at radius 2 is 2.00 bits per heavy atom. The van der Waals surface area contributed by atoms with E-state index >= 15 is 0 Å². The van der Waals surface area contributed by atoms with Gasteiger partial charge in [-0.3, -0.25) is 9.59 Å². The second-order valence-electron chi connectivity index (χ2n) is 2.96. The molecular weight excluding hydrogens is 170 g/mol. The Bertz CT molecular complexity index is 180. The maximum Gasteiger partial charge on any atom is 0.302 e. The molecule has 0 aromatic rings. The van der Waals surface area contributed by atoms with Gasteiger partial charge in [0.05, 0.1) is 6.54 Å². The van der Waals surface area contributed by atoms with Crippen LogP contribution in [0.3, 0.4) is 0 Å². The van der Waals surface area contributed by atoms with Crippen molar-refractivity contribution in [1.29, 1.82) is 0 Å². The van der Waals surface area contributed by atoms with Crippen LogP contribution in [0.25, 0.3) is 0 Å². The molecule has 0 aromatic carbocycles. The number of hydrogen-bond acceptors (Lipinski definition) is 3. The van der Waals surface area contributed by atoms with Gasteiger partial charge in [0.1, 0.15) is 6.10 Å². The van der Waals surface area contributed by atoms with Crippen molar-refractivity contribution < 1.29 is 14.3 Å². The van der Waals surface area contributed by atoms with Crippen molar-refractivity contribution in [3.8, 4) is 0 Å². The number of carbonyl (C=O) groups excluding carboxylic acids is 2. The van der Waals surface area contributed by atoms with Crippen LogP contribution < -0.4 is 5.32 Å². The average molecular weight is 187 g/mol. The summed E-state index contributed by atoms with van der Waals surface area (Å²) in [4.78, 5) is 21.2. The van der Waals surface area contributed by atoms with Gasteiger partial charge in [-0.05, 0) is 6.42 Å². The van der Waals surface area contributed by atoms with Gasteiger partial charge in [0.2, 0.25) is 5.91 Å². The van der Waals surface area contributed by atoms with Crippen molar-refractivity contribution >= 4 is 11.9 Å². The molecule has 0 saturated carbocycles. The van der Waals surface area contributed by atoms with Gasteiger partial charge in [-0.2, -0.15) is 0 Å². The first kappa shape index (κ1) is 11.9. The van der Waals surface area contributed by atoms with Gasteiger partial charge in [-0.15, -0.1) is 0 Å². The van der Waals surface area contributed by atoms with Crippen LogP contribution in [-0.2, 0) is 14.3 Å². The minimum Gasteiger partial charge on any atom is -0.461 e. The van der Waals surface area contributed by atoms with E-state index in [1.807, 2.05) is 6.92 Å². The lowest BCUT2D eigenvalue weighted by molar-refractivity contribution is -0.147. The smallest absolute Gasteiger partial charge is 0.302 e. The van der Waals surface area contributed by atoms with E-state index in [4.69, 9.17) is 4.74 Å². The molecule has 0 unspecified atom stereocenters. The summed E-state index contributed by atoms with van der Waals surface area (Å²) in [7, 11) is 0. The van der Waals surface area contributed by atoms with Crippen molar-refractivity contribution in [2.45, 2.75) is 39.7 Å². The van der Waals surface area contributed by atoms with E-state index in [0.29, 0.717) is 6.54 Å². The van der Waals surface area contributed by atoms with Crippen LogP contribution in [0.2, 0.25) is 0 Å². The van der Waals surface area contributed by atoms with E-state index in [1.54, 1.807) is 0 Å². The molecule has 0 saturated heterocycles. The number of amides is 1. The normalized spacial score (nSPS) is 11.9. The molecule has 0 aliphatic rings. The highest BCUT2D eigenvalue weighted by Crippen LogP contribution is 2.01. The molecule has 0 fully saturated rings.